The number of benzene rings is 1. The number of H-pyrrole nitrogens is 1. The number of rotatable bonds is 2. The highest BCUT2D eigenvalue weighted by Gasteiger charge is 2.36. The van der Waals surface area contributed by atoms with Crippen LogP contribution in [0.2, 0.25) is 0 Å². The van der Waals surface area contributed by atoms with Crippen molar-refractivity contribution in [3.63, 3.8) is 0 Å². The van der Waals surface area contributed by atoms with Gasteiger partial charge in [-0.05, 0) is 37.1 Å². The van der Waals surface area contributed by atoms with Crippen molar-refractivity contribution in [2.75, 3.05) is 6.54 Å². The Hall–Kier alpha value is -2.61. The molecule has 0 aliphatic carbocycles. The number of amides is 1. The van der Waals surface area contributed by atoms with Crippen LogP contribution in [0.5, 0.6) is 0 Å². The van der Waals surface area contributed by atoms with Crippen LogP contribution in [0.25, 0.3) is 0 Å². The third kappa shape index (κ3) is 3.05. The number of aromatic amines is 1. The van der Waals surface area contributed by atoms with E-state index >= 15 is 0 Å². The average molecular weight is 335 g/mol. The van der Waals surface area contributed by atoms with E-state index in [0.29, 0.717) is 11.3 Å². The molecule has 1 saturated heterocycles. The fourth-order valence-electron chi connectivity index (χ4n) is 2.91. The molecule has 8 heteroatoms. The fourth-order valence-corrected chi connectivity index (χ4v) is 2.91. The summed E-state index contributed by atoms with van der Waals surface area (Å²) in [6.45, 7) is 1.64. The standard InChI is InChI=1S/C16H15F2N3O3/c1-8-4-13(20-16(24)19-8)15(23)21-7-10(22)6-14(21)9-2-3-11(17)12(18)5-9/h2-5,10,14,22H,6-7H2,1H3,(H,19,20,24). The van der Waals surface area contributed by atoms with E-state index in [1.54, 1.807) is 6.92 Å². The van der Waals surface area contributed by atoms with Crippen molar-refractivity contribution in [3.05, 3.63) is 63.3 Å². The lowest BCUT2D eigenvalue weighted by molar-refractivity contribution is 0.0709. The molecule has 3 rings (SSSR count). The number of aromatic nitrogens is 2. The van der Waals surface area contributed by atoms with Crippen LogP contribution in [0.4, 0.5) is 8.78 Å². The molecule has 0 bridgehead atoms. The summed E-state index contributed by atoms with van der Waals surface area (Å²) < 4.78 is 26.6. The summed E-state index contributed by atoms with van der Waals surface area (Å²) in [5.41, 5.74) is 0.142. The molecule has 0 spiro atoms. The smallest absolute Gasteiger partial charge is 0.345 e. The number of aliphatic hydroxyl groups is 1. The van der Waals surface area contributed by atoms with Gasteiger partial charge in [0.05, 0.1) is 12.1 Å². The van der Waals surface area contributed by atoms with Gasteiger partial charge in [-0.1, -0.05) is 6.07 Å². The molecule has 126 valence electrons. The van der Waals surface area contributed by atoms with Gasteiger partial charge in [0.15, 0.2) is 11.6 Å². The Kier molecular flexibility index (Phi) is 4.15. The molecule has 1 amide bonds. The van der Waals surface area contributed by atoms with Gasteiger partial charge in [0.1, 0.15) is 5.69 Å². The highest BCUT2D eigenvalue weighted by molar-refractivity contribution is 5.92. The minimum absolute atomic E-state index is 0.0238. The molecule has 2 N–H and O–H groups in total. The number of likely N-dealkylation sites (tertiary alicyclic amines) is 1. The lowest BCUT2D eigenvalue weighted by atomic mass is 10.0. The number of carbonyl (C=O) groups is 1. The molecule has 24 heavy (non-hydrogen) atoms. The number of nitrogens with zero attached hydrogens (tertiary/aromatic N) is 2. The third-order valence-electron chi connectivity index (χ3n) is 3.97. The minimum Gasteiger partial charge on any atom is -0.391 e. The lowest BCUT2D eigenvalue weighted by Crippen LogP contribution is -2.34. The van der Waals surface area contributed by atoms with E-state index in [1.807, 2.05) is 0 Å². The highest BCUT2D eigenvalue weighted by Crippen LogP contribution is 2.33. The maximum atomic E-state index is 13.5. The van der Waals surface area contributed by atoms with Gasteiger partial charge in [0.25, 0.3) is 5.91 Å². The molecule has 2 atom stereocenters. The number of hydrogen-bond donors (Lipinski definition) is 2. The average Bonchev–Trinajstić information content (AvgIpc) is 2.90. The zero-order chi connectivity index (χ0) is 17.4. The zero-order valence-corrected chi connectivity index (χ0v) is 12.8. The van der Waals surface area contributed by atoms with Crippen LogP contribution in [-0.4, -0.2) is 38.5 Å². The summed E-state index contributed by atoms with van der Waals surface area (Å²) >= 11 is 0. The highest BCUT2D eigenvalue weighted by atomic mass is 19.2. The first-order valence-electron chi connectivity index (χ1n) is 7.37. The van der Waals surface area contributed by atoms with Gasteiger partial charge in [-0.15, -0.1) is 0 Å². The van der Waals surface area contributed by atoms with Crippen LogP contribution < -0.4 is 5.69 Å². The Morgan fingerprint density at radius 2 is 2.08 bits per heavy atom. The Morgan fingerprint density at radius 1 is 1.33 bits per heavy atom. The first-order valence-corrected chi connectivity index (χ1v) is 7.37. The van der Waals surface area contributed by atoms with E-state index in [1.165, 1.54) is 17.0 Å². The van der Waals surface area contributed by atoms with Crippen LogP contribution in [0.15, 0.2) is 29.1 Å². The molecule has 0 radical (unpaired) electrons. The molecule has 6 nitrogen and oxygen atoms in total. The topological polar surface area (TPSA) is 86.3 Å². The van der Waals surface area contributed by atoms with Crippen molar-refractivity contribution < 1.29 is 18.7 Å². The molecule has 1 aromatic heterocycles. The van der Waals surface area contributed by atoms with Gasteiger partial charge in [0, 0.05) is 12.2 Å². The molecule has 2 unspecified atom stereocenters. The molecule has 2 aromatic rings. The number of β-amino-alcohol motifs (C(OH)–C–C–N with tert-alkyl or cyclic N) is 1. The predicted molar refractivity (Wildman–Crippen MR) is 80.4 cm³/mol. The monoisotopic (exact) mass is 335 g/mol. The molecular weight excluding hydrogens is 320 g/mol. The number of halogens is 2. The Labute approximate surface area is 135 Å². The van der Waals surface area contributed by atoms with E-state index in [9.17, 15) is 23.5 Å². The fraction of sp³-hybridized carbons (Fsp3) is 0.312. The summed E-state index contributed by atoms with van der Waals surface area (Å²) in [7, 11) is 0. The number of nitrogens with one attached hydrogen (secondary N) is 1. The molecular formula is C16H15F2N3O3. The molecule has 1 aromatic carbocycles. The molecule has 0 saturated carbocycles. The number of aryl methyl sites for hydroxylation is 1. The van der Waals surface area contributed by atoms with E-state index < -0.39 is 35.4 Å². The molecule has 2 heterocycles. The van der Waals surface area contributed by atoms with Gasteiger partial charge < -0.3 is 15.0 Å². The Balaban J connectivity index is 1.96. The van der Waals surface area contributed by atoms with E-state index in [2.05, 4.69) is 9.97 Å². The summed E-state index contributed by atoms with van der Waals surface area (Å²) in [5.74, 6) is -2.55. The van der Waals surface area contributed by atoms with Crippen LogP contribution in [0, 0.1) is 18.6 Å². The maximum Gasteiger partial charge on any atom is 0.345 e. The number of hydrogen-bond acceptors (Lipinski definition) is 4. The summed E-state index contributed by atoms with van der Waals surface area (Å²) in [6, 6.07) is 4.17. The first-order chi connectivity index (χ1) is 11.3. The Bertz CT molecular complexity index is 853. The maximum absolute atomic E-state index is 13.5. The van der Waals surface area contributed by atoms with Crippen LogP contribution in [-0.2, 0) is 0 Å². The SMILES string of the molecule is Cc1cc(C(=O)N2CC(O)CC2c2ccc(F)c(F)c2)nc(=O)[nH]1. The van der Waals surface area contributed by atoms with Gasteiger partial charge in [-0.3, -0.25) is 4.79 Å². The van der Waals surface area contributed by atoms with Crippen molar-refractivity contribution >= 4 is 5.91 Å². The normalized spacial score (nSPS) is 20.4. The van der Waals surface area contributed by atoms with Gasteiger partial charge in [0.2, 0.25) is 0 Å². The van der Waals surface area contributed by atoms with E-state index in [0.717, 1.165) is 12.1 Å². The van der Waals surface area contributed by atoms with Crippen molar-refractivity contribution in [2.45, 2.75) is 25.5 Å². The molecule has 1 aliphatic heterocycles. The van der Waals surface area contributed by atoms with Crippen molar-refractivity contribution in [3.8, 4) is 0 Å². The third-order valence-corrected chi connectivity index (χ3v) is 3.97. The lowest BCUT2D eigenvalue weighted by Gasteiger charge is -2.24. The van der Waals surface area contributed by atoms with Gasteiger partial charge >= 0.3 is 5.69 Å². The van der Waals surface area contributed by atoms with Gasteiger partial charge in [-0.25, -0.2) is 13.6 Å². The number of aliphatic hydroxyl groups excluding tert-OH is 1. The second kappa shape index (κ2) is 6.12. The van der Waals surface area contributed by atoms with Crippen LogP contribution in [0.3, 0.4) is 0 Å². The second-order valence-corrected chi connectivity index (χ2v) is 5.79. The van der Waals surface area contributed by atoms with Crippen molar-refractivity contribution in [1.29, 1.82) is 0 Å². The van der Waals surface area contributed by atoms with Crippen molar-refractivity contribution in [2.24, 2.45) is 0 Å². The quantitative estimate of drug-likeness (QED) is 0.866. The van der Waals surface area contributed by atoms with E-state index in [-0.39, 0.29) is 18.7 Å². The van der Waals surface area contributed by atoms with Crippen LogP contribution >= 0.6 is 0 Å². The second-order valence-electron chi connectivity index (χ2n) is 5.79. The summed E-state index contributed by atoms with van der Waals surface area (Å²) in [5, 5.41) is 9.91. The first kappa shape index (κ1) is 16.3. The van der Waals surface area contributed by atoms with Crippen molar-refractivity contribution in [1.82, 2.24) is 14.9 Å². The number of carbonyl (C=O) groups excluding carboxylic acids is 1. The largest absolute Gasteiger partial charge is 0.391 e. The predicted octanol–water partition coefficient (Wildman–Crippen LogP) is 1.30. The van der Waals surface area contributed by atoms with Crippen LogP contribution in [0.1, 0.15) is 34.2 Å². The zero-order valence-electron chi connectivity index (χ0n) is 12.8. The minimum atomic E-state index is -1.02. The molecule has 1 fully saturated rings. The Morgan fingerprint density at radius 3 is 2.75 bits per heavy atom. The summed E-state index contributed by atoms with van der Waals surface area (Å²) in [6.07, 6.45) is -0.603. The molecule has 1 aliphatic rings. The summed E-state index contributed by atoms with van der Waals surface area (Å²) in [4.78, 5) is 31.5. The van der Waals surface area contributed by atoms with Gasteiger partial charge in [-0.2, -0.15) is 4.98 Å². The van der Waals surface area contributed by atoms with E-state index in [4.69, 9.17) is 0 Å².